The number of esters is 1. The van der Waals surface area contributed by atoms with E-state index in [1.807, 2.05) is 0 Å². The maximum atomic E-state index is 11.3. The van der Waals surface area contributed by atoms with Gasteiger partial charge in [-0.1, -0.05) is 17.7 Å². The molecule has 4 nitrogen and oxygen atoms in total. The van der Waals surface area contributed by atoms with Gasteiger partial charge in [-0.15, -0.1) is 0 Å². The Morgan fingerprint density at radius 2 is 2.25 bits per heavy atom. The molecule has 0 aliphatic heterocycles. The van der Waals surface area contributed by atoms with E-state index in [2.05, 4.69) is 0 Å². The van der Waals surface area contributed by atoms with Crippen molar-refractivity contribution in [3.8, 4) is 5.75 Å². The summed E-state index contributed by atoms with van der Waals surface area (Å²) in [7, 11) is 1.46. The van der Waals surface area contributed by atoms with Crippen molar-refractivity contribution in [3.63, 3.8) is 0 Å². The molecule has 0 aromatic heterocycles. The second kappa shape index (κ2) is 5.72. The van der Waals surface area contributed by atoms with Gasteiger partial charge >= 0.3 is 5.97 Å². The molecule has 1 atom stereocenters. The molecule has 0 saturated carbocycles. The number of hydrogen-bond donors (Lipinski definition) is 1. The third kappa shape index (κ3) is 2.87. The van der Waals surface area contributed by atoms with Crippen LogP contribution in [-0.4, -0.2) is 24.8 Å². The van der Waals surface area contributed by atoms with Crippen molar-refractivity contribution in [1.29, 1.82) is 0 Å². The van der Waals surface area contributed by atoms with Crippen molar-refractivity contribution in [3.05, 3.63) is 28.8 Å². The van der Waals surface area contributed by atoms with E-state index in [0.29, 0.717) is 16.3 Å². The molecule has 1 N–H and O–H groups in total. The van der Waals surface area contributed by atoms with Gasteiger partial charge in [0.25, 0.3) is 0 Å². The lowest BCUT2D eigenvalue weighted by atomic mass is 10.1. The molecule has 88 valence electrons. The average molecular weight is 245 g/mol. The number of aliphatic hydroxyl groups excluding tert-OH is 1. The number of carbonyl (C=O) groups is 1. The van der Waals surface area contributed by atoms with E-state index in [-0.39, 0.29) is 6.61 Å². The van der Waals surface area contributed by atoms with Crippen molar-refractivity contribution in [2.45, 2.75) is 13.0 Å². The van der Waals surface area contributed by atoms with Gasteiger partial charge in [0.2, 0.25) is 0 Å². The number of rotatable bonds is 4. The summed E-state index contributed by atoms with van der Waals surface area (Å²) in [6, 6.07) is 4.61. The van der Waals surface area contributed by atoms with Crippen LogP contribution in [0.15, 0.2) is 18.2 Å². The first kappa shape index (κ1) is 12.8. The molecule has 0 spiro atoms. The fraction of sp³-hybridized carbons (Fsp3) is 0.364. The zero-order valence-corrected chi connectivity index (χ0v) is 9.82. The Hall–Kier alpha value is -1.26. The van der Waals surface area contributed by atoms with Gasteiger partial charge in [0.05, 0.1) is 18.7 Å². The van der Waals surface area contributed by atoms with Gasteiger partial charge in [0.15, 0.2) is 6.10 Å². The largest absolute Gasteiger partial charge is 0.495 e. The molecular weight excluding hydrogens is 232 g/mol. The van der Waals surface area contributed by atoms with Crippen molar-refractivity contribution in [1.82, 2.24) is 0 Å². The molecule has 0 fully saturated rings. The van der Waals surface area contributed by atoms with E-state index in [1.165, 1.54) is 13.2 Å². The monoisotopic (exact) mass is 244 g/mol. The van der Waals surface area contributed by atoms with E-state index in [9.17, 15) is 9.90 Å². The second-order valence-electron chi connectivity index (χ2n) is 3.05. The standard InChI is InChI=1S/C11H13ClO4/c1-3-16-11(14)10(13)7-4-5-8(12)9(6-7)15-2/h4-6,10,13H,3H2,1-2H3. The molecule has 1 aromatic carbocycles. The Labute approximate surface area is 98.7 Å². The fourth-order valence-electron chi connectivity index (χ4n) is 1.20. The van der Waals surface area contributed by atoms with Crippen LogP contribution in [0.25, 0.3) is 0 Å². The molecule has 0 amide bonds. The van der Waals surface area contributed by atoms with Crippen LogP contribution in [0.4, 0.5) is 0 Å². The third-order valence-corrected chi connectivity index (χ3v) is 2.31. The smallest absolute Gasteiger partial charge is 0.339 e. The highest BCUT2D eigenvalue weighted by Gasteiger charge is 2.19. The van der Waals surface area contributed by atoms with Crippen LogP contribution in [0.5, 0.6) is 5.75 Å². The maximum Gasteiger partial charge on any atom is 0.339 e. The summed E-state index contributed by atoms with van der Waals surface area (Å²) in [5, 5.41) is 10.1. The molecule has 16 heavy (non-hydrogen) atoms. The average Bonchev–Trinajstić information content (AvgIpc) is 2.29. The lowest BCUT2D eigenvalue weighted by Gasteiger charge is -2.11. The summed E-state index contributed by atoms with van der Waals surface area (Å²) in [5.74, 6) is -0.283. The van der Waals surface area contributed by atoms with Crippen LogP contribution < -0.4 is 4.74 Å². The van der Waals surface area contributed by atoms with E-state index >= 15 is 0 Å². The minimum atomic E-state index is -1.31. The Bertz CT molecular complexity index is 378. The molecule has 0 saturated heterocycles. The van der Waals surface area contributed by atoms with Crippen LogP contribution in [0, 0.1) is 0 Å². The van der Waals surface area contributed by atoms with Crippen molar-refractivity contribution >= 4 is 17.6 Å². The summed E-state index contributed by atoms with van der Waals surface area (Å²) in [5.41, 5.74) is 0.389. The van der Waals surface area contributed by atoms with E-state index in [1.54, 1.807) is 19.1 Å². The minimum Gasteiger partial charge on any atom is -0.495 e. The normalized spacial score (nSPS) is 12.0. The van der Waals surface area contributed by atoms with Gasteiger partial charge in [-0.05, 0) is 24.6 Å². The molecular formula is C11H13ClO4. The number of aliphatic hydroxyl groups is 1. The lowest BCUT2D eigenvalue weighted by Crippen LogP contribution is -2.15. The first-order valence-corrected chi connectivity index (χ1v) is 5.16. The Balaban J connectivity index is 2.91. The Kier molecular flexibility index (Phi) is 4.58. The number of benzene rings is 1. The highest BCUT2D eigenvalue weighted by Crippen LogP contribution is 2.28. The van der Waals surface area contributed by atoms with Crippen LogP contribution in [-0.2, 0) is 9.53 Å². The third-order valence-electron chi connectivity index (χ3n) is 2.00. The molecule has 0 radical (unpaired) electrons. The summed E-state index contributed by atoms with van der Waals surface area (Å²) < 4.78 is 9.68. The number of ether oxygens (including phenoxy) is 2. The summed E-state index contributed by atoms with van der Waals surface area (Å²) in [6.07, 6.45) is -1.31. The van der Waals surface area contributed by atoms with Crippen LogP contribution in [0.2, 0.25) is 5.02 Å². The predicted molar refractivity (Wildman–Crippen MR) is 59.6 cm³/mol. The molecule has 1 rings (SSSR count). The van der Waals surface area contributed by atoms with Crippen molar-refractivity contribution in [2.24, 2.45) is 0 Å². The Morgan fingerprint density at radius 3 is 2.81 bits per heavy atom. The van der Waals surface area contributed by atoms with Gasteiger partial charge in [-0.3, -0.25) is 0 Å². The van der Waals surface area contributed by atoms with Gasteiger partial charge in [0, 0.05) is 0 Å². The number of carbonyl (C=O) groups excluding carboxylic acids is 1. The zero-order valence-electron chi connectivity index (χ0n) is 9.07. The fourth-order valence-corrected chi connectivity index (χ4v) is 1.40. The molecule has 1 unspecified atom stereocenters. The van der Waals surface area contributed by atoms with E-state index in [4.69, 9.17) is 21.1 Å². The van der Waals surface area contributed by atoms with Crippen LogP contribution in [0.1, 0.15) is 18.6 Å². The van der Waals surface area contributed by atoms with E-state index in [0.717, 1.165) is 0 Å². The number of hydrogen-bond acceptors (Lipinski definition) is 4. The highest BCUT2D eigenvalue weighted by atomic mass is 35.5. The molecule has 0 aliphatic carbocycles. The molecule has 0 heterocycles. The Morgan fingerprint density at radius 1 is 1.56 bits per heavy atom. The predicted octanol–water partition coefficient (Wildman–Crippen LogP) is 1.95. The van der Waals surface area contributed by atoms with Gasteiger partial charge in [0.1, 0.15) is 5.75 Å². The van der Waals surface area contributed by atoms with Gasteiger partial charge < -0.3 is 14.6 Å². The maximum absolute atomic E-state index is 11.3. The zero-order chi connectivity index (χ0) is 12.1. The topological polar surface area (TPSA) is 55.8 Å². The SMILES string of the molecule is CCOC(=O)C(O)c1ccc(Cl)c(OC)c1. The first-order chi connectivity index (χ1) is 7.60. The van der Waals surface area contributed by atoms with E-state index < -0.39 is 12.1 Å². The first-order valence-electron chi connectivity index (χ1n) is 4.78. The molecule has 0 bridgehead atoms. The number of methoxy groups -OCH3 is 1. The molecule has 1 aromatic rings. The van der Waals surface area contributed by atoms with Crippen molar-refractivity contribution < 1.29 is 19.4 Å². The molecule has 0 aliphatic rings. The summed E-state index contributed by atoms with van der Waals surface area (Å²) >= 11 is 5.82. The highest BCUT2D eigenvalue weighted by molar-refractivity contribution is 6.32. The summed E-state index contributed by atoms with van der Waals surface area (Å²) in [6.45, 7) is 1.90. The van der Waals surface area contributed by atoms with Crippen LogP contribution in [0.3, 0.4) is 0 Å². The van der Waals surface area contributed by atoms with Crippen molar-refractivity contribution in [2.75, 3.05) is 13.7 Å². The molecule has 5 heteroatoms. The van der Waals surface area contributed by atoms with Gasteiger partial charge in [-0.2, -0.15) is 0 Å². The minimum absolute atomic E-state index is 0.223. The quantitative estimate of drug-likeness (QED) is 0.823. The lowest BCUT2D eigenvalue weighted by molar-refractivity contribution is -0.153. The number of halogens is 1. The summed E-state index contributed by atoms with van der Waals surface area (Å²) in [4.78, 5) is 11.3. The van der Waals surface area contributed by atoms with Crippen LogP contribution >= 0.6 is 11.6 Å². The van der Waals surface area contributed by atoms with Gasteiger partial charge in [-0.25, -0.2) is 4.79 Å². The second-order valence-corrected chi connectivity index (χ2v) is 3.46.